The number of amides is 2. The maximum absolute atomic E-state index is 11.5. The first kappa shape index (κ1) is 17.1. The number of carboxylic acid groups (broad SMARTS) is 1. The molecule has 0 radical (unpaired) electrons. The van der Waals surface area contributed by atoms with E-state index < -0.39 is 5.97 Å². The van der Waals surface area contributed by atoms with Gasteiger partial charge in [0.05, 0.1) is 6.42 Å². The summed E-state index contributed by atoms with van der Waals surface area (Å²) in [6.45, 7) is 2.59. The van der Waals surface area contributed by atoms with Crippen LogP contribution in [0.15, 0.2) is 18.3 Å². The van der Waals surface area contributed by atoms with Crippen LogP contribution < -0.4 is 15.5 Å². The van der Waals surface area contributed by atoms with Gasteiger partial charge in [-0.1, -0.05) is 18.9 Å². The molecule has 0 saturated carbocycles. The molecule has 7 nitrogen and oxygen atoms in total. The van der Waals surface area contributed by atoms with Crippen molar-refractivity contribution in [3.05, 3.63) is 23.9 Å². The molecule has 7 heteroatoms. The number of carboxylic acids is 1. The number of rotatable bonds is 6. The number of urea groups is 1. The lowest BCUT2D eigenvalue weighted by atomic mass is 10.2. The van der Waals surface area contributed by atoms with Crippen molar-refractivity contribution in [2.45, 2.75) is 38.6 Å². The number of aliphatic carboxylic acids is 1. The number of nitrogens with one attached hydrogen (secondary N) is 2. The van der Waals surface area contributed by atoms with Crippen LogP contribution in [0.3, 0.4) is 0 Å². The minimum absolute atomic E-state index is 0.0838. The van der Waals surface area contributed by atoms with Gasteiger partial charge in [0.2, 0.25) is 0 Å². The monoisotopic (exact) mass is 320 g/mol. The lowest BCUT2D eigenvalue weighted by molar-refractivity contribution is -0.136. The van der Waals surface area contributed by atoms with E-state index in [0.717, 1.165) is 24.5 Å². The van der Waals surface area contributed by atoms with Crippen LogP contribution in [-0.2, 0) is 11.3 Å². The highest BCUT2D eigenvalue weighted by molar-refractivity contribution is 5.74. The van der Waals surface area contributed by atoms with Crippen molar-refractivity contribution in [1.29, 1.82) is 0 Å². The highest BCUT2D eigenvalue weighted by Gasteiger charge is 2.10. The van der Waals surface area contributed by atoms with Crippen LogP contribution in [0.4, 0.5) is 10.6 Å². The fraction of sp³-hybridized carbons (Fsp3) is 0.562. The molecule has 2 amide bonds. The van der Waals surface area contributed by atoms with Gasteiger partial charge in [-0.2, -0.15) is 0 Å². The topological polar surface area (TPSA) is 94.6 Å². The first-order valence-corrected chi connectivity index (χ1v) is 8.08. The molecule has 2 rings (SSSR count). The van der Waals surface area contributed by atoms with Gasteiger partial charge in [-0.3, -0.25) is 4.79 Å². The Labute approximate surface area is 136 Å². The molecule has 0 bridgehead atoms. The van der Waals surface area contributed by atoms with Crippen LogP contribution in [0.2, 0.25) is 0 Å². The summed E-state index contributed by atoms with van der Waals surface area (Å²) in [6, 6.07) is 3.58. The van der Waals surface area contributed by atoms with E-state index in [4.69, 9.17) is 5.11 Å². The molecule has 0 spiro atoms. The van der Waals surface area contributed by atoms with Crippen LogP contribution in [0, 0.1) is 0 Å². The molecule has 1 aromatic rings. The Balaban J connectivity index is 1.76. The highest BCUT2D eigenvalue weighted by atomic mass is 16.4. The SMILES string of the molecule is O=C(O)CCNC(=O)NCc1ccc(N2CCCCCC2)nc1. The Morgan fingerprint density at radius 1 is 1.13 bits per heavy atom. The number of hydrogen-bond donors (Lipinski definition) is 3. The maximum atomic E-state index is 11.5. The molecule has 1 aromatic heterocycles. The molecule has 1 fully saturated rings. The molecule has 3 N–H and O–H groups in total. The van der Waals surface area contributed by atoms with Crippen LogP contribution in [-0.4, -0.2) is 41.7 Å². The van der Waals surface area contributed by atoms with E-state index in [0.29, 0.717) is 6.54 Å². The molecular weight excluding hydrogens is 296 g/mol. The number of carbonyl (C=O) groups is 2. The first-order chi connectivity index (χ1) is 11.1. The summed E-state index contributed by atoms with van der Waals surface area (Å²) < 4.78 is 0. The van der Waals surface area contributed by atoms with Crippen molar-refractivity contribution in [2.75, 3.05) is 24.5 Å². The fourth-order valence-electron chi connectivity index (χ4n) is 2.54. The number of pyridine rings is 1. The van der Waals surface area contributed by atoms with E-state index in [1.807, 2.05) is 12.1 Å². The third kappa shape index (κ3) is 6.14. The van der Waals surface area contributed by atoms with E-state index in [-0.39, 0.29) is 19.0 Å². The summed E-state index contributed by atoms with van der Waals surface area (Å²) in [5, 5.41) is 13.7. The zero-order valence-corrected chi connectivity index (χ0v) is 13.3. The number of aromatic nitrogens is 1. The summed E-state index contributed by atoms with van der Waals surface area (Å²) in [5.41, 5.74) is 0.914. The molecule has 0 aromatic carbocycles. The van der Waals surface area contributed by atoms with Crippen LogP contribution in [0.1, 0.15) is 37.7 Å². The molecule has 0 aliphatic carbocycles. The normalized spacial score (nSPS) is 14.9. The second kappa shape index (κ2) is 8.97. The molecule has 0 atom stereocenters. The van der Waals surface area contributed by atoms with Crippen molar-refractivity contribution >= 4 is 17.8 Å². The zero-order valence-electron chi connectivity index (χ0n) is 13.3. The second-order valence-electron chi connectivity index (χ2n) is 5.68. The third-order valence-electron chi connectivity index (χ3n) is 3.82. The molecule has 0 unspecified atom stereocenters. The summed E-state index contributed by atoms with van der Waals surface area (Å²) in [6.07, 6.45) is 6.69. The lowest BCUT2D eigenvalue weighted by Crippen LogP contribution is -2.36. The Morgan fingerprint density at radius 2 is 1.87 bits per heavy atom. The van der Waals surface area contributed by atoms with Crippen LogP contribution in [0.25, 0.3) is 0 Å². The predicted octanol–water partition coefficient (Wildman–Crippen LogP) is 1.74. The van der Waals surface area contributed by atoms with Crippen molar-refractivity contribution in [3.63, 3.8) is 0 Å². The molecule has 23 heavy (non-hydrogen) atoms. The Kier molecular flexibility index (Phi) is 6.65. The Hall–Kier alpha value is -2.31. The largest absolute Gasteiger partial charge is 0.481 e. The number of nitrogens with zero attached hydrogens (tertiary/aromatic N) is 2. The maximum Gasteiger partial charge on any atom is 0.315 e. The van der Waals surface area contributed by atoms with E-state index in [1.54, 1.807) is 6.20 Å². The van der Waals surface area contributed by atoms with Crippen LogP contribution >= 0.6 is 0 Å². The lowest BCUT2D eigenvalue weighted by Gasteiger charge is -2.21. The van der Waals surface area contributed by atoms with E-state index in [2.05, 4.69) is 20.5 Å². The van der Waals surface area contributed by atoms with Gasteiger partial charge in [-0.05, 0) is 24.5 Å². The molecule has 1 aliphatic rings. The first-order valence-electron chi connectivity index (χ1n) is 8.08. The van der Waals surface area contributed by atoms with Gasteiger partial charge in [0.25, 0.3) is 0 Å². The zero-order chi connectivity index (χ0) is 16.5. The highest BCUT2D eigenvalue weighted by Crippen LogP contribution is 2.17. The average Bonchev–Trinajstić information content (AvgIpc) is 2.82. The van der Waals surface area contributed by atoms with Gasteiger partial charge in [-0.25, -0.2) is 9.78 Å². The Bertz CT molecular complexity index is 511. The van der Waals surface area contributed by atoms with Crippen molar-refractivity contribution in [1.82, 2.24) is 15.6 Å². The third-order valence-corrected chi connectivity index (χ3v) is 3.82. The van der Waals surface area contributed by atoms with Gasteiger partial charge >= 0.3 is 12.0 Å². The van der Waals surface area contributed by atoms with Crippen molar-refractivity contribution in [3.8, 4) is 0 Å². The average molecular weight is 320 g/mol. The van der Waals surface area contributed by atoms with Gasteiger partial charge in [0.15, 0.2) is 0 Å². The predicted molar refractivity (Wildman–Crippen MR) is 87.4 cm³/mol. The van der Waals surface area contributed by atoms with Crippen molar-refractivity contribution in [2.24, 2.45) is 0 Å². The van der Waals surface area contributed by atoms with Gasteiger partial charge in [-0.15, -0.1) is 0 Å². The fourth-order valence-corrected chi connectivity index (χ4v) is 2.54. The molecule has 2 heterocycles. The minimum Gasteiger partial charge on any atom is -0.481 e. The van der Waals surface area contributed by atoms with Gasteiger partial charge in [0.1, 0.15) is 5.82 Å². The summed E-state index contributed by atoms with van der Waals surface area (Å²) in [7, 11) is 0. The molecule has 1 saturated heterocycles. The Morgan fingerprint density at radius 3 is 2.48 bits per heavy atom. The van der Waals surface area contributed by atoms with Crippen LogP contribution in [0.5, 0.6) is 0 Å². The standard InChI is InChI=1S/C16H24N4O3/c21-15(22)7-8-17-16(23)19-12-13-5-6-14(18-11-13)20-9-3-1-2-4-10-20/h5-6,11H,1-4,7-10,12H2,(H,21,22)(H2,17,19,23). The summed E-state index contributed by atoms with van der Waals surface area (Å²) in [5.74, 6) is 0.0557. The van der Waals surface area contributed by atoms with Crippen molar-refractivity contribution < 1.29 is 14.7 Å². The van der Waals surface area contributed by atoms with Gasteiger partial charge in [0, 0.05) is 32.4 Å². The number of hydrogen-bond acceptors (Lipinski definition) is 4. The number of anilines is 1. The quantitative estimate of drug-likeness (QED) is 0.742. The van der Waals surface area contributed by atoms with E-state index >= 15 is 0 Å². The number of carbonyl (C=O) groups excluding carboxylic acids is 1. The summed E-state index contributed by atoms with van der Waals surface area (Å²) in [4.78, 5) is 28.7. The smallest absolute Gasteiger partial charge is 0.315 e. The summed E-state index contributed by atoms with van der Waals surface area (Å²) >= 11 is 0. The molecular formula is C16H24N4O3. The van der Waals surface area contributed by atoms with E-state index in [1.165, 1.54) is 25.7 Å². The van der Waals surface area contributed by atoms with Gasteiger partial charge < -0.3 is 20.6 Å². The molecule has 126 valence electrons. The molecule has 1 aliphatic heterocycles. The van der Waals surface area contributed by atoms with E-state index in [9.17, 15) is 9.59 Å². The second-order valence-corrected chi connectivity index (χ2v) is 5.68. The minimum atomic E-state index is -0.932.